The smallest absolute Gasteiger partial charge is 0.310 e. The van der Waals surface area contributed by atoms with Crippen molar-refractivity contribution >= 4 is 17.6 Å². The summed E-state index contributed by atoms with van der Waals surface area (Å²) in [5.41, 5.74) is 3.87. The van der Waals surface area contributed by atoms with E-state index in [1.54, 1.807) is 19.2 Å². The van der Waals surface area contributed by atoms with Crippen molar-refractivity contribution in [1.29, 1.82) is 0 Å². The van der Waals surface area contributed by atoms with Gasteiger partial charge in [-0.05, 0) is 50.9 Å². The topological polar surface area (TPSA) is 80.7 Å². The van der Waals surface area contributed by atoms with E-state index in [1.807, 2.05) is 55.1 Å². The van der Waals surface area contributed by atoms with E-state index < -0.39 is 0 Å². The lowest BCUT2D eigenvalue weighted by Crippen LogP contribution is -2.44. The van der Waals surface area contributed by atoms with Crippen LogP contribution in [0.2, 0.25) is 0 Å². The summed E-state index contributed by atoms with van der Waals surface area (Å²) in [5.74, 6) is 0.846. The number of esters is 1. The molecule has 1 amide bonds. The molecule has 2 atom stereocenters. The lowest BCUT2D eigenvalue weighted by Gasteiger charge is -2.32. The number of ether oxygens (including phenoxy) is 3. The second kappa shape index (κ2) is 11.6. The maximum atomic E-state index is 13.7. The number of hydrazone groups is 1. The molecular formula is C28H35N3O5. The summed E-state index contributed by atoms with van der Waals surface area (Å²) in [6.45, 7) is 5.69. The Labute approximate surface area is 212 Å². The summed E-state index contributed by atoms with van der Waals surface area (Å²) in [5, 5.41) is 6.41. The molecule has 0 aromatic heterocycles. The summed E-state index contributed by atoms with van der Waals surface area (Å²) >= 11 is 0. The second-order valence-electron chi connectivity index (χ2n) is 9.31. The Kier molecular flexibility index (Phi) is 8.25. The Balaban J connectivity index is 1.60. The number of carbonyl (C=O) groups excluding carboxylic acids is 2. The van der Waals surface area contributed by atoms with Gasteiger partial charge >= 0.3 is 5.97 Å². The monoisotopic (exact) mass is 493 g/mol. The van der Waals surface area contributed by atoms with Crippen LogP contribution in [0.4, 0.5) is 0 Å². The highest BCUT2D eigenvalue weighted by molar-refractivity contribution is 6.03. The normalized spacial score (nSPS) is 20.1. The minimum atomic E-state index is -0.306. The minimum absolute atomic E-state index is 0.106. The van der Waals surface area contributed by atoms with E-state index in [0.717, 1.165) is 41.8 Å². The van der Waals surface area contributed by atoms with Crippen molar-refractivity contribution in [3.05, 3.63) is 59.2 Å². The molecule has 2 heterocycles. The van der Waals surface area contributed by atoms with Crippen molar-refractivity contribution in [2.75, 3.05) is 40.5 Å². The molecule has 1 saturated heterocycles. The van der Waals surface area contributed by atoms with Crippen molar-refractivity contribution < 1.29 is 23.8 Å². The van der Waals surface area contributed by atoms with Crippen LogP contribution in [0, 0.1) is 12.8 Å². The average molecular weight is 494 g/mol. The van der Waals surface area contributed by atoms with Gasteiger partial charge in [0.15, 0.2) is 0 Å². The van der Waals surface area contributed by atoms with Crippen molar-refractivity contribution in [2.24, 2.45) is 11.0 Å². The maximum absolute atomic E-state index is 13.7. The number of rotatable bonds is 8. The van der Waals surface area contributed by atoms with E-state index in [2.05, 4.69) is 6.07 Å². The van der Waals surface area contributed by atoms with Gasteiger partial charge in [-0.25, -0.2) is 5.01 Å². The molecule has 0 aliphatic carbocycles. The molecule has 4 rings (SSSR count). The number of benzene rings is 2. The van der Waals surface area contributed by atoms with Crippen molar-refractivity contribution in [3.63, 3.8) is 0 Å². The van der Waals surface area contributed by atoms with Gasteiger partial charge in [-0.2, -0.15) is 5.10 Å². The predicted octanol–water partition coefficient (Wildman–Crippen LogP) is 3.97. The van der Waals surface area contributed by atoms with Crippen LogP contribution in [-0.2, 0) is 14.3 Å². The predicted molar refractivity (Wildman–Crippen MR) is 137 cm³/mol. The number of likely N-dealkylation sites (tertiary alicyclic amines) is 1. The zero-order valence-corrected chi connectivity index (χ0v) is 21.5. The van der Waals surface area contributed by atoms with Crippen molar-refractivity contribution in [3.8, 4) is 11.5 Å². The van der Waals surface area contributed by atoms with Gasteiger partial charge < -0.3 is 14.2 Å². The Bertz CT molecular complexity index is 1130. The lowest BCUT2D eigenvalue weighted by molar-refractivity contribution is -0.150. The number of amides is 1. The van der Waals surface area contributed by atoms with Gasteiger partial charge in [-0.1, -0.05) is 29.8 Å². The van der Waals surface area contributed by atoms with Gasteiger partial charge in [0.05, 0.1) is 45.0 Å². The molecule has 2 aromatic carbocycles. The Morgan fingerprint density at radius 1 is 1.11 bits per heavy atom. The fourth-order valence-electron chi connectivity index (χ4n) is 4.99. The van der Waals surface area contributed by atoms with Gasteiger partial charge in [0.25, 0.3) is 5.91 Å². The molecule has 0 spiro atoms. The van der Waals surface area contributed by atoms with Gasteiger partial charge in [-0.15, -0.1) is 0 Å². The molecule has 0 saturated carbocycles. The molecule has 0 bridgehead atoms. The molecule has 36 heavy (non-hydrogen) atoms. The largest absolute Gasteiger partial charge is 0.497 e. The van der Waals surface area contributed by atoms with E-state index in [1.165, 1.54) is 0 Å². The number of hydrogen-bond donors (Lipinski definition) is 0. The first kappa shape index (κ1) is 25.7. The number of aryl methyl sites for hydroxylation is 1. The van der Waals surface area contributed by atoms with Gasteiger partial charge in [0.2, 0.25) is 0 Å². The maximum Gasteiger partial charge on any atom is 0.310 e. The number of hydrogen-bond acceptors (Lipinski definition) is 7. The molecule has 192 valence electrons. The summed E-state index contributed by atoms with van der Waals surface area (Å²) in [7, 11) is 3.23. The molecule has 8 heteroatoms. The van der Waals surface area contributed by atoms with Crippen LogP contribution in [0.15, 0.2) is 47.6 Å². The zero-order chi connectivity index (χ0) is 25.7. The highest BCUT2D eigenvalue weighted by atomic mass is 16.5. The third-order valence-electron chi connectivity index (χ3n) is 6.80. The standard InChI is InChI=1S/C28H35N3O5/c1-5-36-28(33)21-10-7-13-30(17-21)18-27(32)31-25(23-12-11-22(34-3)15-26(23)35-4)16-24(29-31)20-9-6-8-19(2)14-20/h6,8-9,11-12,14-15,21,25H,5,7,10,13,16-18H2,1-4H3/t21-,25-/m1/s1. The molecule has 2 aromatic rings. The van der Waals surface area contributed by atoms with E-state index >= 15 is 0 Å². The SMILES string of the molecule is CCOC(=O)[C@@H]1CCCN(CC(=O)N2N=C(c3cccc(C)c3)C[C@@H]2c2ccc(OC)cc2OC)C1. The summed E-state index contributed by atoms with van der Waals surface area (Å²) < 4.78 is 16.3. The lowest BCUT2D eigenvalue weighted by atomic mass is 9.96. The molecule has 8 nitrogen and oxygen atoms in total. The summed E-state index contributed by atoms with van der Waals surface area (Å²) in [4.78, 5) is 28.0. The number of methoxy groups -OCH3 is 2. The van der Waals surface area contributed by atoms with Crippen LogP contribution < -0.4 is 9.47 Å². The van der Waals surface area contributed by atoms with Crippen molar-refractivity contribution in [1.82, 2.24) is 9.91 Å². The highest BCUT2D eigenvalue weighted by Gasteiger charge is 2.36. The van der Waals surface area contributed by atoms with Gasteiger partial charge in [0, 0.05) is 24.6 Å². The molecule has 0 radical (unpaired) electrons. The van der Waals surface area contributed by atoms with Crippen LogP contribution in [0.1, 0.15) is 48.9 Å². The third-order valence-corrected chi connectivity index (χ3v) is 6.80. The van der Waals surface area contributed by atoms with Crippen LogP contribution in [0.25, 0.3) is 0 Å². The average Bonchev–Trinajstić information content (AvgIpc) is 3.34. The zero-order valence-electron chi connectivity index (χ0n) is 21.5. The number of piperidine rings is 1. The van der Waals surface area contributed by atoms with E-state index in [9.17, 15) is 9.59 Å². The van der Waals surface area contributed by atoms with E-state index in [0.29, 0.717) is 31.1 Å². The van der Waals surface area contributed by atoms with Crippen LogP contribution in [0.5, 0.6) is 11.5 Å². The minimum Gasteiger partial charge on any atom is -0.497 e. The highest BCUT2D eigenvalue weighted by Crippen LogP contribution is 2.39. The van der Waals surface area contributed by atoms with E-state index in [-0.39, 0.29) is 30.4 Å². The Hall–Kier alpha value is -3.39. The molecule has 1 fully saturated rings. The summed E-state index contributed by atoms with van der Waals surface area (Å²) in [6, 6.07) is 13.5. The third kappa shape index (κ3) is 5.70. The Morgan fingerprint density at radius 3 is 2.67 bits per heavy atom. The van der Waals surface area contributed by atoms with Gasteiger partial charge in [-0.3, -0.25) is 14.5 Å². The summed E-state index contributed by atoms with van der Waals surface area (Å²) in [6.07, 6.45) is 2.21. The second-order valence-corrected chi connectivity index (χ2v) is 9.31. The molecular weight excluding hydrogens is 458 g/mol. The first-order valence-electron chi connectivity index (χ1n) is 12.5. The van der Waals surface area contributed by atoms with Crippen LogP contribution in [-0.4, -0.2) is 68.0 Å². The Morgan fingerprint density at radius 2 is 1.94 bits per heavy atom. The molecule has 0 N–H and O–H groups in total. The fraction of sp³-hybridized carbons (Fsp3) is 0.464. The molecule has 2 aliphatic rings. The van der Waals surface area contributed by atoms with Gasteiger partial charge in [0.1, 0.15) is 11.5 Å². The number of carbonyl (C=O) groups is 2. The van der Waals surface area contributed by atoms with Crippen LogP contribution in [0.3, 0.4) is 0 Å². The fourth-order valence-corrected chi connectivity index (χ4v) is 4.99. The van der Waals surface area contributed by atoms with Crippen LogP contribution >= 0.6 is 0 Å². The quantitative estimate of drug-likeness (QED) is 0.518. The molecule has 0 unspecified atom stereocenters. The number of nitrogens with zero attached hydrogens (tertiary/aromatic N) is 3. The first-order valence-corrected chi connectivity index (χ1v) is 12.5. The van der Waals surface area contributed by atoms with Crippen molar-refractivity contribution in [2.45, 2.75) is 39.2 Å². The molecule has 2 aliphatic heterocycles. The van der Waals surface area contributed by atoms with E-state index in [4.69, 9.17) is 19.3 Å². The first-order chi connectivity index (χ1) is 17.4.